The summed E-state index contributed by atoms with van der Waals surface area (Å²) in [5, 5.41) is -0.354. The Kier molecular flexibility index (Phi) is 7.22. The van der Waals surface area contributed by atoms with E-state index in [1.165, 1.54) is 28.8 Å². The SMILES string of the molecule is CCOC(=O)CSC(C)C(=O)N(C)Cc1cccc(F)c1. The lowest BCUT2D eigenvalue weighted by atomic mass is 10.2. The van der Waals surface area contributed by atoms with Crippen LogP contribution in [0.1, 0.15) is 19.4 Å². The van der Waals surface area contributed by atoms with Crippen LogP contribution in [0.5, 0.6) is 0 Å². The summed E-state index contributed by atoms with van der Waals surface area (Å²) in [6, 6.07) is 6.15. The molecular formula is C15H20FNO3S. The molecule has 0 saturated heterocycles. The Labute approximate surface area is 128 Å². The molecule has 1 atom stereocenters. The zero-order valence-corrected chi connectivity index (χ0v) is 13.3. The van der Waals surface area contributed by atoms with Crippen molar-refractivity contribution in [1.82, 2.24) is 4.90 Å². The highest BCUT2D eigenvalue weighted by Gasteiger charge is 2.19. The molecule has 0 aromatic heterocycles. The van der Waals surface area contributed by atoms with Crippen LogP contribution in [0.4, 0.5) is 4.39 Å². The number of rotatable bonds is 7. The summed E-state index contributed by atoms with van der Waals surface area (Å²) in [4.78, 5) is 24.9. The Bertz CT molecular complexity index is 496. The van der Waals surface area contributed by atoms with Crippen molar-refractivity contribution >= 4 is 23.6 Å². The number of amides is 1. The number of esters is 1. The third kappa shape index (κ3) is 6.16. The predicted octanol–water partition coefficient (Wildman–Crippen LogP) is 2.47. The molecule has 0 spiro atoms. The molecular weight excluding hydrogens is 293 g/mol. The van der Waals surface area contributed by atoms with Crippen LogP contribution >= 0.6 is 11.8 Å². The lowest BCUT2D eigenvalue weighted by Gasteiger charge is -2.21. The third-order valence-corrected chi connectivity index (χ3v) is 3.89. The summed E-state index contributed by atoms with van der Waals surface area (Å²) in [5.74, 6) is -0.601. The lowest BCUT2D eigenvalue weighted by molar-refractivity contribution is -0.139. The molecule has 6 heteroatoms. The van der Waals surface area contributed by atoms with E-state index in [0.717, 1.165) is 5.56 Å². The van der Waals surface area contributed by atoms with Gasteiger partial charge in [0.1, 0.15) is 5.82 Å². The van der Waals surface area contributed by atoms with Crippen molar-refractivity contribution in [3.8, 4) is 0 Å². The Balaban J connectivity index is 2.47. The Morgan fingerprint density at radius 3 is 2.76 bits per heavy atom. The van der Waals surface area contributed by atoms with E-state index in [0.29, 0.717) is 13.2 Å². The van der Waals surface area contributed by atoms with Crippen LogP contribution in [0, 0.1) is 5.82 Å². The Morgan fingerprint density at radius 2 is 2.14 bits per heavy atom. The second-order valence-electron chi connectivity index (χ2n) is 4.58. The van der Waals surface area contributed by atoms with Gasteiger partial charge in [-0.15, -0.1) is 11.8 Å². The van der Waals surface area contributed by atoms with Crippen molar-refractivity contribution in [1.29, 1.82) is 0 Å². The highest BCUT2D eigenvalue weighted by Crippen LogP contribution is 2.15. The zero-order valence-electron chi connectivity index (χ0n) is 12.5. The second kappa shape index (κ2) is 8.67. The van der Waals surface area contributed by atoms with Crippen molar-refractivity contribution in [2.24, 2.45) is 0 Å². The molecule has 1 aromatic carbocycles. The zero-order chi connectivity index (χ0) is 15.8. The first-order valence-electron chi connectivity index (χ1n) is 6.70. The van der Waals surface area contributed by atoms with Gasteiger partial charge in [-0.2, -0.15) is 0 Å². The lowest BCUT2D eigenvalue weighted by Crippen LogP contribution is -2.33. The van der Waals surface area contributed by atoms with Gasteiger partial charge in [-0.1, -0.05) is 12.1 Å². The molecule has 0 aliphatic carbocycles. The molecule has 1 amide bonds. The average Bonchev–Trinajstić information content (AvgIpc) is 2.44. The minimum absolute atomic E-state index is 0.103. The first-order chi connectivity index (χ1) is 9.93. The highest BCUT2D eigenvalue weighted by molar-refractivity contribution is 8.01. The molecule has 0 bridgehead atoms. The monoisotopic (exact) mass is 313 g/mol. The molecule has 0 aliphatic rings. The highest BCUT2D eigenvalue weighted by atomic mass is 32.2. The summed E-state index contributed by atoms with van der Waals surface area (Å²) in [6.45, 7) is 4.15. The summed E-state index contributed by atoms with van der Waals surface area (Å²) in [5.41, 5.74) is 0.730. The van der Waals surface area contributed by atoms with Gasteiger partial charge in [0.2, 0.25) is 5.91 Å². The van der Waals surface area contributed by atoms with E-state index in [4.69, 9.17) is 4.74 Å². The fourth-order valence-electron chi connectivity index (χ4n) is 1.76. The molecule has 116 valence electrons. The van der Waals surface area contributed by atoms with Crippen LogP contribution in [0.25, 0.3) is 0 Å². The number of benzene rings is 1. The summed E-state index contributed by atoms with van der Waals surface area (Å²) >= 11 is 1.23. The van der Waals surface area contributed by atoms with Crippen molar-refractivity contribution in [2.45, 2.75) is 25.6 Å². The van der Waals surface area contributed by atoms with Gasteiger partial charge in [0, 0.05) is 13.6 Å². The van der Waals surface area contributed by atoms with E-state index >= 15 is 0 Å². The molecule has 21 heavy (non-hydrogen) atoms. The van der Waals surface area contributed by atoms with E-state index in [2.05, 4.69) is 0 Å². The van der Waals surface area contributed by atoms with E-state index in [9.17, 15) is 14.0 Å². The maximum absolute atomic E-state index is 13.1. The number of hydrogen-bond acceptors (Lipinski definition) is 4. The maximum atomic E-state index is 13.1. The van der Waals surface area contributed by atoms with Crippen LogP contribution in [-0.2, 0) is 20.9 Å². The number of carbonyl (C=O) groups excluding carboxylic acids is 2. The van der Waals surface area contributed by atoms with Crippen LogP contribution in [0.15, 0.2) is 24.3 Å². The number of hydrogen-bond donors (Lipinski definition) is 0. The first kappa shape index (κ1) is 17.5. The van der Waals surface area contributed by atoms with Crippen LogP contribution in [0.3, 0.4) is 0 Å². The minimum atomic E-state index is -0.354. The Morgan fingerprint density at radius 1 is 1.43 bits per heavy atom. The van der Waals surface area contributed by atoms with E-state index in [1.807, 2.05) is 0 Å². The topological polar surface area (TPSA) is 46.6 Å². The summed E-state index contributed by atoms with van der Waals surface area (Å²) in [6.07, 6.45) is 0. The standard InChI is InChI=1S/C15H20FNO3S/c1-4-20-14(18)10-21-11(2)15(19)17(3)9-12-6-5-7-13(16)8-12/h5-8,11H,4,9-10H2,1-3H3. The van der Waals surface area contributed by atoms with Gasteiger partial charge in [-0.3, -0.25) is 9.59 Å². The number of carbonyl (C=O) groups is 2. The number of halogens is 1. The number of ether oxygens (including phenoxy) is 1. The molecule has 1 aromatic rings. The smallest absolute Gasteiger partial charge is 0.315 e. The molecule has 0 N–H and O–H groups in total. The van der Waals surface area contributed by atoms with E-state index < -0.39 is 0 Å². The molecule has 0 aliphatic heterocycles. The normalized spacial score (nSPS) is 11.8. The number of nitrogens with zero attached hydrogens (tertiary/aromatic N) is 1. The van der Waals surface area contributed by atoms with Crippen molar-refractivity contribution in [3.63, 3.8) is 0 Å². The molecule has 1 rings (SSSR count). The van der Waals surface area contributed by atoms with Crippen LogP contribution in [0.2, 0.25) is 0 Å². The van der Waals surface area contributed by atoms with Crippen LogP contribution < -0.4 is 0 Å². The Hall–Kier alpha value is -1.56. The van der Waals surface area contributed by atoms with E-state index in [1.54, 1.807) is 33.0 Å². The molecule has 0 fully saturated rings. The van der Waals surface area contributed by atoms with Crippen molar-refractivity contribution < 1.29 is 18.7 Å². The predicted molar refractivity (Wildman–Crippen MR) is 81.4 cm³/mol. The largest absolute Gasteiger partial charge is 0.465 e. The summed E-state index contributed by atoms with van der Waals surface area (Å²) in [7, 11) is 1.66. The quantitative estimate of drug-likeness (QED) is 0.726. The van der Waals surface area contributed by atoms with Gasteiger partial charge in [0.15, 0.2) is 0 Å². The fourth-order valence-corrected chi connectivity index (χ4v) is 2.56. The van der Waals surface area contributed by atoms with Gasteiger partial charge >= 0.3 is 5.97 Å². The van der Waals surface area contributed by atoms with Crippen molar-refractivity contribution in [3.05, 3.63) is 35.6 Å². The average molecular weight is 313 g/mol. The van der Waals surface area contributed by atoms with Gasteiger partial charge in [0.25, 0.3) is 0 Å². The third-order valence-electron chi connectivity index (χ3n) is 2.79. The molecule has 0 saturated carbocycles. The van der Waals surface area contributed by atoms with Crippen LogP contribution in [-0.4, -0.2) is 41.4 Å². The number of thioether (sulfide) groups is 1. The van der Waals surface area contributed by atoms with Gasteiger partial charge < -0.3 is 9.64 Å². The van der Waals surface area contributed by atoms with Crippen molar-refractivity contribution in [2.75, 3.05) is 19.4 Å². The fraction of sp³-hybridized carbons (Fsp3) is 0.467. The van der Waals surface area contributed by atoms with Gasteiger partial charge in [0.05, 0.1) is 17.6 Å². The molecule has 0 heterocycles. The molecule has 4 nitrogen and oxygen atoms in total. The van der Waals surface area contributed by atoms with E-state index in [-0.39, 0.29) is 28.7 Å². The van der Waals surface area contributed by atoms with Gasteiger partial charge in [-0.25, -0.2) is 4.39 Å². The molecule has 1 unspecified atom stereocenters. The molecule has 0 radical (unpaired) electrons. The first-order valence-corrected chi connectivity index (χ1v) is 7.75. The second-order valence-corrected chi connectivity index (χ2v) is 5.91. The van der Waals surface area contributed by atoms with Gasteiger partial charge in [-0.05, 0) is 31.5 Å². The maximum Gasteiger partial charge on any atom is 0.315 e. The minimum Gasteiger partial charge on any atom is -0.465 e. The summed E-state index contributed by atoms with van der Waals surface area (Å²) < 4.78 is 17.9.